The number of likely N-dealkylation sites (tertiary alicyclic amines) is 1. The van der Waals surface area contributed by atoms with Gasteiger partial charge in [-0.1, -0.05) is 24.3 Å². The number of amides is 1. The zero-order chi connectivity index (χ0) is 24.9. The molecule has 0 aliphatic carbocycles. The number of piperidine rings is 1. The molecule has 1 fully saturated rings. The number of hydrogen-bond acceptors (Lipinski definition) is 6. The van der Waals surface area contributed by atoms with Gasteiger partial charge >= 0.3 is 0 Å². The van der Waals surface area contributed by atoms with Crippen molar-refractivity contribution in [3.05, 3.63) is 95.3 Å². The van der Waals surface area contributed by atoms with Crippen LogP contribution in [0.3, 0.4) is 0 Å². The average Bonchev–Trinajstić information content (AvgIpc) is 2.90. The maximum absolute atomic E-state index is 14.7. The van der Waals surface area contributed by atoms with Crippen LogP contribution in [0.25, 0.3) is 0 Å². The van der Waals surface area contributed by atoms with E-state index in [4.69, 9.17) is 0 Å². The number of halogens is 1. The van der Waals surface area contributed by atoms with E-state index in [2.05, 4.69) is 15.3 Å². The van der Waals surface area contributed by atoms with Crippen molar-refractivity contribution in [1.82, 2.24) is 20.2 Å². The number of hydrogen-bond donors (Lipinski definition) is 1. The number of pyridine rings is 2. The topological polar surface area (TPSA) is 92.3 Å². The molecule has 0 saturated carbocycles. The molecule has 1 N–H and O–H groups in total. The van der Waals surface area contributed by atoms with Gasteiger partial charge in [0.2, 0.25) is 5.91 Å². The Hall–Kier alpha value is -3.78. The second-order valence-corrected chi connectivity index (χ2v) is 8.72. The number of rotatable bonds is 7. The van der Waals surface area contributed by atoms with Crippen LogP contribution in [0.1, 0.15) is 38.0 Å². The second-order valence-electron chi connectivity index (χ2n) is 8.72. The zero-order valence-electron chi connectivity index (χ0n) is 19.6. The lowest BCUT2D eigenvalue weighted by atomic mass is 9.68. The quantitative estimate of drug-likeness (QED) is 0.529. The smallest absolute Gasteiger partial charge is 0.233 e. The highest BCUT2D eigenvalue weighted by atomic mass is 19.1. The van der Waals surface area contributed by atoms with E-state index in [1.54, 1.807) is 60.4 Å². The first-order valence-electron chi connectivity index (χ1n) is 11.5. The molecule has 35 heavy (non-hydrogen) atoms. The van der Waals surface area contributed by atoms with E-state index >= 15 is 0 Å². The zero-order valence-corrected chi connectivity index (χ0v) is 19.6. The van der Waals surface area contributed by atoms with Gasteiger partial charge in [0.1, 0.15) is 17.2 Å². The van der Waals surface area contributed by atoms with Crippen LogP contribution in [0.2, 0.25) is 0 Å². The number of carbonyl (C=O) groups is 3. The Bertz CT molecular complexity index is 1160. The van der Waals surface area contributed by atoms with Crippen LogP contribution < -0.4 is 5.32 Å². The minimum absolute atomic E-state index is 0.0311. The first-order chi connectivity index (χ1) is 16.9. The Kier molecular flexibility index (Phi) is 7.41. The molecule has 1 aliphatic rings. The molecule has 2 aromatic heterocycles. The fraction of sp³-hybridized carbons (Fsp3) is 0.296. The summed E-state index contributed by atoms with van der Waals surface area (Å²) >= 11 is 0. The summed E-state index contributed by atoms with van der Waals surface area (Å²) in [5, 5.41) is 2.60. The summed E-state index contributed by atoms with van der Waals surface area (Å²) < 4.78 is 14.7. The molecule has 4 rings (SSSR count). The van der Waals surface area contributed by atoms with Gasteiger partial charge < -0.3 is 5.32 Å². The number of benzene rings is 1. The van der Waals surface area contributed by atoms with Crippen LogP contribution in [-0.4, -0.2) is 59.0 Å². The van der Waals surface area contributed by atoms with Gasteiger partial charge in [-0.25, -0.2) is 4.39 Å². The summed E-state index contributed by atoms with van der Waals surface area (Å²) in [5.74, 6) is -3.18. The Morgan fingerprint density at radius 2 is 1.49 bits per heavy atom. The Morgan fingerprint density at radius 3 is 1.97 bits per heavy atom. The number of nitrogens with zero attached hydrogens (tertiary/aromatic N) is 3. The van der Waals surface area contributed by atoms with Crippen molar-refractivity contribution in [2.45, 2.75) is 12.8 Å². The molecule has 8 heteroatoms. The molecule has 3 heterocycles. The number of nitrogens with one attached hydrogen (secondary N) is 1. The van der Waals surface area contributed by atoms with Crippen molar-refractivity contribution in [2.24, 2.45) is 11.8 Å². The number of Topliss-reactive ketones (excluding diaryl/α,β-unsaturated/α-hetero) is 2. The largest absolute Gasteiger partial charge is 0.358 e. The molecule has 1 amide bonds. The molecule has 1 aliphatic heterocycles. The molecule has 0 unspecified atom stereocenters. The average molecular weight is 475 g/mol. The third-order valence-electron chi connectivity index (χ3n) is 6.60. The van der Waals surface area contributed by atoms with E-state index < -0.39 is 23.6 Å². The van der Waals surface area contributed by atoms with E-state index in [0.29, 0.717) is 11.1 Å². The van der Waals surface area contributed by atoms with Crippen LogP contribution in [0.4, 0.5) is 4.39 Å². The summed E-state index contributed by atoms with van der Waals surface area (Å²) in [6.45, 7) is 2.15. The van der Waals surface area contributed by atoms with Crippen LogP contribution in [0.5, 0.6) is 0 Å². The van der Waals surface area contributed by atoms with Gasteiger partial charge in [-0.15, -0.1) is 0 Å². The third-order valence-corrected chi connectivity index (χ3v) is 6.60. The van der Waals surface area contributed by atoms with Crippen molar-refractivity contribution >= 4 is 17.5 Å². The van der Waals surface area contributed by atoms with Crippen molar-refractivity contribution < 1.29 is 18.8 Å². The molecule has 1 saturated heterocycles. The van der Waals surface area contributed by atoms with E-state index in [1.807, 2.05) is 0 Å². The van der Waals surface area contributed by atoms with E-state index in [1.165, 1.54) is 25.5 Å². The molecular weight excluding hydrogens is 447 g/mol. The highest BCUT2D eigenvalue weighted by Gasteiger charge is 2.46. The van der Waals surface area contributed by atoms with Gasteiger partial charge in [-0.3, -0.25) is 29.3 Å². The Labute approximate surface area is 203 Å². The summed E-state index contributed by atoms with van der Waals surface area (Å²) in [4.78, 5) is 50.0. The van der Waals surface area contributed by atoms with Gasteiger partial charge in [0.05, 0.1) is 6.54 Å². The van der Waals surface area contributed by atoms with E-state index in [-0.39, 0.29) is 48.5 Å². The highest BCUT2D eigenvalue weighted by molar-refractivity contribution is 6.00. The maximum Gasteiger partial charge on any atom is 0.233 e. The van der Waals surface area contributed by atoms with Crippen molar-refractivity contribution in [3.8, 4) is 0 Å². The van der Waals surface area contributed by atoms with Crippen molar-refractivity contribution in [2.75, 3.05) is 26.7 Å². The number of ketones is 2. The van der Waals surface area contributed by atoms with Crippen LogP contribution in [0, 0.1) is 24.6 Å². The predicted octanol–water partition coefficient (Wildman–Crippen LogP) is 3.07. The van der Waals surface area contributed by atoms with Crippen LogP contribution in [-0.2, 0) is 4.79 Å². The third kappa shape index (κ3) is 5.17. The molecule has 3 aromatic rings. The van der Waals surface area contributed by atoms with Gasteiger partial charge in [0.25, 0.3) is 0 Å². The molecule has 180 valence electrons. The normalized spacial score (nSPS) is 18.7. The molecule has 1 aromatic carbocycles. The molecule has 0 radical (unpaired) electrons. The van der Waals surface area contributed by atoms with Crippen LogP contribution in [0.15, 0.2) is 67.0 Å². The maximum atomic E-state index is 14.7. The molecular formula is C27H27FN4O3. The van der Waals surface area contributed by atoms with Gasteiger partial charge in [0, 0.05) is 50.3 Å². The monoisotopic (exact) mass is 474 g/mol. The highest BCUT2D eigenvalue weighted by Crippen LogP contribution is 2.42. The van der Waals surface area contributed by atoms with Crippen LogP contribution >= 0.6 is 0 Å². The minimum atomic E-state index is -0.721. The van der Waals surface area contributed by atoms with E-state index in [9.17, 15) is 18.8 Å². The lowest BCUT2D eigenvalue weighted by Gasteiger charge is -2.43. The summed E-state index contributed by atoms with van der Waals surface area (Å²) in [5.41, 5.74) is 1.54. The first kappa shape index (κ1) is 24.3. The number of likely N-dealkylation sites (N-methyl/N-ethyl adjacent to an activating group) is 1. The fourth-order valence-electron chi connectivity index (χ4n) is 4.86. The first-order valence-corrected chi connectivity index (χ1v) is 11.5. The molecule has 7 nitrogen and oxygen atoms in total. The Balaban J connectivity index is 1.85. The predicted molar refractivity (Wildman–Crippen MR) is 128 cm³/mol. The van der Waals surface area contributed by atoms with Gasteiger partial charge in [-0.05, 0) is 48.4 Å². The second kappa shape index (κ2) is 10.7. The van der Waals surface area contributed by atoms with Gasteiger partial charge in [-0.2, -0.15) is 0 Å². The lowest BCUT2D eigenvalue weighted by Crippen LogP contribution is -2.52. The van der Waals surface area contributed by atoms with E-state index in [0.717, 1.165) is 0 Å². The van der Waals surface area contributed by atoms with Crippen molar-refractivity contribution in [3.63, 3.8) is 0 Å². The number of carbonyl (C=O) groups excluding carboxylic acids is 3. The summed E-state index contributed by atoms with van der Waals surface area (Å²) in [7, 11) is 1.54. The molecule has 2 atom stereocenters. The standard InChI is InChI=1S/C27H27FN4O3/c1-17-18(8-7-9-21(17)28)25-19(26(34)22-10-3-5-12-30-22)14-32(16-24(33)29-2)15-20(25)27(35)23-11-4-6-13-31-23/h3-13,19-20,25H,14-16H2,1-2H3,(H,29,33)/t19-,20-/m0/s1. The number of aromatic nitrogens is 2. The molecule has 0 bridgehead atoms. The molecule has 0 spiro atoms. The summed E-state index contributed by atoms with van der Waals surface area (Å²) in [6.07, 6.45) is 3.08. The fourth-order valence-corrected chi connectivity index (χ4v) is 4.86. The SMILES string of the molecule is CNC(=O)CN1C[C@H](C(=O)c2ccccn2)C(c2cccc(F)c2C)[C@@H](C(=O)c2ccccn2)C1. The Morgan fingerprint density at radius 1 is 0.914 bits per heavy atom. The van der Waals surface area contributed by atoms with Gasteiger partial charge in [0.15, 0.2) is 11.6 Å². The van der Waals surface area contributed by atoms with Crippen molar-refractivity contribution in [1.29, 1.82) is 0 Å². The lowest BCUT2D eigenvalue weighted by molar-refractivity contribution is -0.122. The minimum Gasteiger partial charge on any atom is -0.358 e. The summed E-state index contributed by atoms with van der Waals surface area (Å²) in [6, 6.07) is 14.9.